The van der Waals surface area contributed by atoms with E-state index in [0.717, 1.165) is 11.8 Å². The van der Waals surface area contributed by atoms with Crippen LogP contribution >= 0.6 is 0 Å². The number of phenolic OH excluding ortho intramolecular Hbond substituents is 3. The first kappa shape index (κ1) is 24.0. The fourth-order valence-corrected chi connectivity index (χ4v) is 2.83. The summed E-state index contributed by atoms with van der Waals surface area (Å²) in [5.41, 5.74) is 12.2. The Labute approximate surface area is 185 Å². The van der Waals surface area contributed by atoms with Gasteiger partial charge in [-0.2, -0.15) is 5.10 Å². The van der Waals surface area contributed by atoms with Gasteiger partial charge in [-0.25, -0.2) is 0 Å². The number of carbonyl (C=O) groups is 1. The summed E-state index contributed by atoms with van der Waals surface area (Å²) >= 11 is 0. The minimum atomic E-state index is -0.567. The number of ether oxygens (including phenoxy) is 1. The predicted octanol–water partition coefficient (Wildman–Crippen LogP) is 2.82. The molecule has 0 bridgehead atoms. The van der Waals surface area contributed by atoms with Gasteiger partial charge in [-0.3, -0.25) is 4.79 Å². The molecular formula is C23H26N4O5. The highest BCUT2D eigenvalue weighted by Gasteiger charge is 2.26. The first-order valence-electron chi connectivity index (χ1n) is 9.57. The molecule has 0 saturated carbocycles. The van der Waals surface area contributed by atoms with Crippen LogP contribution in [0.25, 0.3) is 6.08 Å². The molecule has 0 aliphatic rings. The maximum atomic E-state index is 13.0. The Balaban J connectivity index is 2.67. The van der Waals surface area contributed by atoms with E-state index in [-0.39, 0.29) is 46.3 Å². The Kier molecular flexibility index (Phi) is 8.00. The lowest BCUT2D eigenvalue weighted by molar-refractivity contribution is 0.104. The van der Waals surface area contributed by atoms with Gasteiger partial charge >= 0.3 is 0 Å². The Morgan fingerprint density at radius 3 is 2.31 bits per heavy atom. The molecule has 9 nitrogen and oxygen atoms in total. The topological polar surface area (TPSA) is 164 Å². The minimum Gasteiger partial charge on any atom is -0.508 e. The second-order valence-corrected chi connectivity index (χ2v) is 7.04. The van der Waals surface area contributed by atoms with Crippen molar-refractivity contribution in [3.05, 3.63) is 64.2 Å². The molecule has 0 atom stereocenters. The Bertz CT molecular complexity index is 1110. The number of ketones is 1. The van der Waals surface area contributed by atoms with Crippen LogP contribution in [0.3, 0.4) is 0 Å². The lowest BCUT2D eigenvalue weighted by Gasteiger charge is -2.17. The van der Waals surface area contributed by atoms with Crippen molar-refractivity contribution in [1.29, 1.82) is 0 Å². The number of aromatic hydroxyl groups is 3. The normalized spacial score (nSPS) is 11.0. The quantitative estimate of drug-likeness (QED) is 0.106. The number of allylic oxidation sites excluding steroid dienone is 3. The number of hydrogen-bond acceptors (Lipinski definition) is 7. The number of rotatable bonds is 8. The third kappa shape index (κ3) is 5.88. The SMILES string of the molecule is COc1c(/C=N/N=C(N)N)c(O)c(CC=C(C)C)c(O)c1C(=O)/C=C/c1ccc(O)cc1. The standard InChI is InChI=1S/C23H26N4O5/c1-13(2)4-10-16-20(30)17(12-26-27-23(24)25)22(32-3)19(21(16)31)18(29)11-7-14-5-8-15(28)9-6-14/h4-9,11-12,28,30-31H,10H2,1-3H3,(H4,24,25,27)/b11-7+,26-12+. The molecular weight excluding hydrogens is 412 g/mol. The fourth-order valence-electron chi connectivity index (χ4n) is 2.83. The molecule has 32 heavy (non-hydrogen) atoms. The van der Waals surface area contributed by atoms with Crippen LogP contribution in [-0.2, 0) is 6.42 Å². The van der Waals surface area contributed by atoms with Gasteiger partial charge in [-0.05, 0) is 44.0 Å². The average Bonchev–Trinajstić information content (AvgIpc) is 2.73. The summed E-state index contributed by atoms with van der Waals surface area (Å²) < 4.78 is 5.34. The van der Waals surface area contributed by atoms with Crippen LogP contribution in [0.4, 0.5) is 0 Å². The summed E-state index contributed by atoms with van der Waals surface area (Å²) in [6.45, 7) is 3.73. The molecule has 2 aromatic rings. The number of carbonyl (C=O) groups excluding carboxylic acids is 1. The minimum absolute atomic E-state index is 0.0360. The van der Waals surface area contributed by atoms with E-state index in [1.807, 2.05) is 13.8 Å². The van der Waals surface area contributed by atoms with Crippen LogP contribution < -0.4 is 16.2 Å². The van der Waals surface area contributed by atoms with Gasteiger partial charge in [0.2, 0.25) is 5.96 Å². The summed E-state index contributed by atoms with van der Waals surface area (Å²) in [6, 6.07) is 6.22. The summed E-state index contributed by atoms with van der Waals surface area (Å²) in [5.74, 6) is -1.57. The highest BCUT2D eigenvalue weighted by molar-refractivity contribution is 6.13. The van der Waals surface area contributed by atoms with Crippen LogP contribution in [0.15, 0.2) is 52.2 Å². The molecule has 2 aromatic carbocycles. The second-order valence-electron chi connectivity index (χ2n) is 7.04. The third-order valence-corrected chi connectivity index (χ3v) is 4.38. The molecule has 2 rings (SSSR count). The van der Waals surface area contributed by atoms with Gasteiger partial charge in [0, 0.05) is 5.56 Å². The molecule has 0 aliphatic carbocycles. The molecule has 168 valence electrons. The van der Waals surface area contributed by atoms with E-state index in [1.165, 1.54) is 31.4 Å². The van der Waals surface area contributed by atoms with Crippen molar-refractivity contribution < 1.29 is 24.9 Å². The number of benzene rings is 2. The maximum Gasteiger partial charge on any atom is 0.211 e. The van der Waals surface area contributed by atoms with Crippen molar-refractivity contribution in [3.63, 3.8) is 0 Å². The fraction of sp³-hybridized carbons (Fsp3) is 0.174. The van der Waals surface area contributed by atoms with Gasteiger partial charge in [0.25, 0.3) is 0 Å². The Morgan fingerprint density at radius 2 is 1.75 bits per heavy atom. The zero-order valence-electron chi connectivity index (χ0n) is 18.0. The lowest BCUT2D eigenvalue weighted by atomic mass is 9.95. The van der Waals surface area contributed by atoms with E-state index in [0.29, 0.717) is 5.56 Å². The molecule has 9 heteroatoms. The summed E-state index contributed by atoms with van der Waals surface area (Å²) in [4.78, 5) is 13.0. The van der Waals surface area contributed by atoms with E-state index in [4.69, 9.17) is 16.2 Å². The predicted molar refractivity (Wildman–Crippen MR) is 124 cm³/mol. The molecule has 0 radical (unpaired) electrons. The number of nitrogens with zero attached hydrogens (tertiary/aromatic N) is 2. The van der Waals surface area contributed by atoms with Crippen molar-refractivity contribution in [2.45, 2.75) is 20.3 Å². The monoisotopic (exact) mass is 438 g/mol. The van der Waals surface area contributed by atoms with Gasteiger partial charge in [-0.1, -0.05) is 29.9 Å². The molecule has 0 fully saturated rings. The van der Waals surface area contributed by atoms with Gasteiger partial charge in [0.15, 0.2) is 5.78 Å². The van der Waals surface area contributed by atoms with Gasteiger partial charge in [-0.15, -0.1) is 5.10 Å². The number of guanidine groups is 1. The molecule has 0 heterocycles. The summed E-state index contributed by atoms with van der Waals surface area (Å²) in [6.07, 6.45) is 5.87. The molecule has 0 unspecified atom stereocenters. The van der Waals surface area contributed by atoms with Crippen LogP contribution in [0, 0.1) is 0 Å². The average molecular weight is 438 g/mol. The number of nitrogens with two attached hydrogens (primary N) is 2. The van der Waals surface area contributed by atoms with Gasteiger partial charge in [0.05, 0.1) is 18.9 Å². The molecule has 0 saturated heterocycles. The summed E-state index contributed by atoms with van der Waals surface area (Å²) in [5, 5.41) is 38.2. The maximum absolute atomic E-state index is 13.0. The van der Waals surface area contributed by atoms with E-state index in [2.05, 4.69) is 10.2 Å². The molecule has 0 spiro atoms. The van der Waals surface area contributed by atoms with E-state index < -0.39 is 11.5 Å². The number of phenols is 3. The third-order valence-electron chi connectivity index (χ3n) is 4.38. The van der Waals surface area contributed by atoms with E-state index >= 15 is 0 Å². The van der Waals surface area contributed by atoms with Crippen molar-refractivity contribution >= 4 is 24.0 Å². The van der Waals surface area contributed by atoms with Crippen LogP contribution in [-0.4, -0.2) is 40.4 Å². The van der Waals surface area contributed by atoms with Gasteiger partial charge < -0.3 is 31.5 Å². The van der Waals surface area contributed by atoms with Crippen molar-refractivity contribution in [2.24, 2.45) is 21.7 Å². The van der Waals surface area contributed by atoms with Crippen LogP contribution in [0.2, 0.25) is 0 Å². The molecule has 0 amide bonds. The largest absolute Gasteiger partial charge is 0.508 e. The summed E-state index contributed by atoms with van der Waals surface area (Å²) in [7, 11) is 1.29. The van der Waals surface area contributed by atoms with Crippen LogP contribution in [0.5, 0.6) is 23.0 Å². The zero-order chi connectivity index (χ0) is 23.8. The van der Waals surface area contributed by atoms with Crippen LogP contribution in [0.1, 0.15) is 40.9 Å². The van der Waals surface area contributed by atoms with Gasteiger partial charge in [0.1, 0.15) is 28.6 Å². The molecule has 7 N–H and O–H groups in total. The number of methoxy groups -OCH3 is 1. The van der Waals surface area contributed by atoms with E-state index in [9.17, 15) is 20.1 Å². The van der Waals surface area contributed by atoms with Crippen molar-refractivity contribution in [3.8, 4) is 23.0 Å². The lowest BCUT2D eigenvalue weighted by Crippen LogP contribution is -2.21. The smallest absolute Gasteiger partial charge is 0.211 e. The van der Waals surface area contributed by atoms with E-state index in [1.54, 1.807) is 18.2 Å². The first-order valence-corrected chi connectivity index (χ1v) is 9.57. The Morgan fingerprint density at radius 1 is 1.09 bits per heavy atom. The van der Waals surface area contributed by atoms with Crippen molar-refractivity contribution in [1.82, 2.24) is 0 Å². The molecule has 0 aliphatic heterocycles. The second kappa shape index (κ2) is 10.7. The zero-order valence-corrected chi connectivity index (χ0v) is 18.0. The first-order chi connectivity index (χ1) is 15.1. The number of hydrogen-bond donors (Lipinski definition) is 5. The Hall–Kier alpha value is -4.27. The van der Waals surface area contributed by atoms with Crippen molar-refractivity contribution in [2.75, 3.05) is 7.11 Å². The highest BCUT2D eigenvalue weighted by Crippen LogP contribution is 2.42. The molecule has 0 aromatic heterocycles. The highest BCUT2D eigenvalue weighted by atomic mass is 16.5.